The van der Waals surface area contributed by atoms with Crippen molar-refractivity contribution in [2.24, 2.45) is 0 Å². The standard InChI is InChI=1S/C13H21IO3Si/c1-3-15-18(16-4-2,17-12-8-11-14)13-9-6-5-7-10-13/h5-7,9-10H,3-4,8,11-12H2,1-2H3. The Kier molecular flexibility index (Phi) is 8.08. The van der Waals surface area contributed by atoms with Gasteiger partial charge in [0.1, 0.15) is 0 Å². The highest BCUT2D eigenvalue weighted by molar-refractivity contribution is 14.1. The zero-order chi connectivity index (χ0) is 13.3. The number of hydrogen-bond acceptors (Lipinski definition) is 3. The smallest absolute Gasteiger partial charge is 0.370 e. The quantitative estimate of drug-likeness (QED) is 0.285. The third-order valence-corrected chi connectivity index (χ3v) is 6.09. The highest BCUT2D eigenvalue weighted by Crippen LogP contribution is 2.11. The fourth-order valence-electron chi connectivity index (χ4n) is 1.66. The fraction of sp³-hybridized carbons (Fsp3) is 0.538. The van der Waals surface area contributed by atoms with E-state index in [1.54, 1.807) is 0 Å². The summed E-state index contributed by atoms with van der Waals surface area (Å²) >= 11 is 2.35. The van der Waals surface area contributed by atoms with Crippen LogP contribution in [0.4, 0.5) is 0 Å². The van der Waals surface area contributed by atoms with Crippen molar-refractivity contribution in [3.8, 4) is 0 Å². The first-order valence-electron chi connectivity index (χ1n) is 6.32. The summed E-state index contributed by atoms with van der Waals surface area (Å²) in [5, 5.41) is 1.04. The molecule has 0 aliphatic carbocycles. The lowest BCUT2D eigenvalue weighted by atomic mass is 10.4. The van der Waals surface area contributed by atoms with Gasteiger partial charge in [-0.15, -0.1) is 0 Å². The van der Waals surface area contributed by atoms with E-state index >= 15 is 0 Å². The number of benzene rings is 1. The Morgan fingerprint density at radius 3 is 2.11 bits per heavy atom. The van der Waals surface area contributed by atoms with Crippen LogP contribution in [0.25, 0.3) is 0 Å². The first-order chi connectivity index (χ1) is 8.79. The van der Waals surface area contributed by atoms with Crippen LogP contribution < -0.4 is 5.19 Å². The van der Waals surface area contributed by atoms with Crippen LogP contribution in [-0.2, 0) is 13.3 Å². The van der Waals surface area contributed by atoms with Gasteiger partial charge in [0.25, 0.3) is 0 Å². The highest BCUT2D eigenvalue weighted by Gasteiger charge is 2.43. The summed E-state index contributed by atoms with van der Waals surface area (Å²) in [6, 6.07) is 10.0. The summed E-state index contributed by atoms with van der Waals surface area (Å²) < 4.78 is 18.9. The van der Waals surface area contributed by atoms with Crippen molar-refractivity contribution in [3.63, 3.8) is 0 Å². The van der Waals surface area contributed by atoms with Gasteiger partial charge in [0.05, 0.1) is 0 Å². The second-order valence-electron chi connectivity index (χ2n) is 3.68. The number of hydrogen-bond donors (Lipinski definition) is 0. The second kappa shape index (κ2) is 9.03. The van der Waals surface area contributed by atoms with Crippen molar-refractivity contribution < 1.29 is 13.3 Å². The molecule has 0 saturated carbocycles. The zero-order valence-corrected chi connectivity index (χ0v) is 14.2. The molecular weight excluding hydrogens is 359 g/mol. The largest absolute Gasteiger partial charge is 0.537 e. The Morgan fingerprint density at radius 2 is 1.61 bits per heavy atom. The van der Waals surface area contributed by atoms with E-state index < -0.39 is 8.80 Å². The molecule has 0 aliphatic rings. The van der Waals surface area contributed by atoms with Crippen LogP contribution in [0.5, 0.6) is 0 Å². The van der Waals surface area contributed by atoms with E-state index in [0.717, 1.165) is 16.0 Å². The molecule has 0 bridgehead atoms. The minimum atomic E-state index is -2.71. The highest BCUT2D eigenvalue weighted by atomic mass is 127. The molecule has 3 nitrogen and oxygen atoms in total. The van der Waals surface area contributed by atoms with Crippen molar-refractivity contribution in [2.45, 2.75) is 20.3 Å². The normalized spacial score (nSPS) is 11.7. The molecule has 0 radical (unpaired) electrons. The lowest BCUT2D eigenvalue weighted by Gasteiger charge is -2.29. The van der Waals surface area contributed by atoms with Crippen molar-refractivity contribution in [1.82, 2.24) is 0 Å². The average Bonchev–Trinajstić information content (AvgIpc) is 2.40. The van der Waals surface area contributed by atoms with Crippen LogP contribution in [-0.4, -0.2) is 33.1 Å². The maximum Gasteiger partial charge on any atom is 0.537 e. The van der Waals surface area contributed by atoms with Gasteiger partial charge in [-0.05, 0) is 20.3 Å². The molecule has 0 aliphatic heterocycles. The van der Waals surface area contributed by atoms with E-state index in [2.05, 4.69) is 22.6 Å². The predicted molar refractivity (Wildman–Crippen MR) is 84.5 cm³/mol. The zero-order valence-electron chi connectivity index (χ0n) is 11.0. The van der Waals surface area contributed by atoms with E-state index in [9.17, 15) is 0 Å². The van der Waals surface area contributed by atoms with Crippen LogP contribution in [0, 0.1) is 0 Å². The SMILES string of the molecule is CCO[Si](OCC)(OCCCI)c1ccccc1. The van der Waals surface area contributed by atoms with E-state index in [4.69, 9.17) is 13.3 Å². The Morgan fingerprint density at radius 1 is 1.00 bits per heavy atom. The number of halogens is 1. The molecule has 102 valence electrons. The van der Waals surface area contributed by atoms with Gasteiger partial charge < -0.3 is 13.3 Å². The number of rotatable bonds is 9. The van der Waals surface area contributed by atoms with Crippen molar-refractivity contribution in [3.05, 3.63) is 30.3 Å². The molecule has 0 amide bonds. The number of alkyl halides is 1. The molecule has 1 rings (SSSR count). The lowest BCUT2D eigenvalue weighted by Crippen LogP contribution is -2.57. The summed E-state index contributed by atoms with van der Waals surface area (Å²) in [7, 11) is -2.71. The maximum atomic E-state index is 6.03. The van der Waals surface area contributed by atoms with Gasteiger partial charge in [-0.3, -0.25) is 0 Å². The van der Waals surface area contributed by atoms with Gasteiger partial charge in [0.15, 0.2) is 0 Å². The molecule has 0 spiro atoms. The lowest BCUT2D eigenvalue weighted by molar-refractivity contribution is 0.0819. The minimum absolute atomic E-state index is 0.603. The molecule has 1 aromatic rings. The Hall–Kier alpha value is 0.0469. The molecule has 0 heterocycles. The van der Waals surface area contributed by atoms with Gasteiger partial charge in [0, 0.05) is 29.4 Å². The molecule has 0 unspecified atom stereocenters. The van der Waals surface area contributed by atoms with E-state index in [1.165, 1.54) is 0 Å². The molecule has 5 heteroatoms. The van der Waals surface area contributed by atoms with Crippen LogP contribution in [0.1, 0.15) is 20.3 Å². The molecule has 1 aromatic carbocycles. The Labute approximate surface area is 124 Å². The topological polar surface area (TPSA) is 27.7 Å². The van der Waals surface area contributed by atoms with Crippen LogP contribution >= 0.6 is 22.6 Å². The van der Waals surface area contributed by atoms with Crippen LogP contribution in [0.3, 0.4) is 0 Å². The first-order valence-corrected chi connectivity index (χ1v) is 9.57. The molecule has 18 heavy (non-hydrogen) atoms. The van der Waals surface area contributed by atoms with Gasteiger partial charge in [-0.1, -0.05) is 52.9 Å². The summed E-state index contributed by atoms with van der Waals surface area (Å²) in [5.74, 6) is 0. The summed E-state index contributed by atoms with van der Waals surface area (Å²) in [6.07, 6.45) is 1.02. The second-order valence-corrected chi connectivity index (χ2v) is 7.31. The van der Waals surface area contributed by atoms with Crippen molar-refractivity contribution >= 4 is 36.6 Å². The van der Waals surface area contributed by atoms with Crippen molar-refractivity contribution in [2.75, 3.05) is 24.2 Å². The molecule has 0 atom stereocenters. The van der Waals surface area contributed by atoms with Gasteiger partial charge in [0.2, 0.25) is 0 Å². The van der Waals surface area contributed by atoms with Crippen molar-refractivity contribution in [1.29, 1.82) is 0 Å². The van der Waals surface area contributed by atoms with Crippen LogP contribution in [0.15, 0.2) is 30.3 Å². The predicted octanol–water partition coefficient (Wildman–Crippen LogP) is 2.75. The third-order valence-electron chi connectivity index (χ3n) is 2.37. The van der Waals surface area contributed by atoms with Gasteiger partial charge >= 0.3 is 8.80 Å². The maximum absolute atomic E-state index is 6.03. The average molecular weight is 380 g/mol. The Bertz CT molecular complexity index is 315. The minimum Gasteiger partial charge on any atom is -0.370 e. The molecule has 0 fully saturated rings. The fourth-order valence-corrected chi connectivity index (χ4v) is 4.49. The summed E-state index contributed by atoms with van der Waals surface area (Å²) in [5.41, 5.74) is 0. The third kappa shape index (κ3) is 4.62. The van der Waals surface area contributed by atoms with E-state index in [0.29, 0.717) is 19.8 Å². The Balaban J connectivity index is 2.89. The van der Waals surface area contributed by atoms with Crippen LogP contribution in [0.2, 0.25) is 0 Å². The van der Waals surface area contributed by atoms with Gasteiger partial charge in [-0.25, -0.2) is 0 Å². The molecule has 0 N–H and O–H groups in total. The first kappa shape index (κ1) is 16.1. The molecular formula is C13H21IO3Si. The van der Waals surface area contributed by atoms with E-state index in [-0.39, 0.29) is 0 Å². The monoisotopic (exact) mass is 380 g/mol. The summed E-state index contributed by atoms with van der Waals surface area (Å²) in [6.45, 7) is 5.84. The van der Waals surface area contributed by atoms with E-state index in [1.807, 2.05) is 44.2 Å². The van der Waals surface area contributed by atoms with Gasteiger partial charge in [-0.2, -0.15) is 0 Å². The molecule has 0 aromatic heterocycles. The molecule has 0 saturated heterocycles. The summed E-state index contributed by atoms with van der Waals surface area (Å²) in [4.78, 5) is 0.